The lowest BCUT2D eigenvalue weighted by atomic mass is 10.3. The van der Waals surface area contributed by atoms with Crippen LogP contribution in [0.2, 0.25) is 5.02 Å². The number of aromatic nitrogens is 2. The molecule has 2 aromatic rings. The molecule has 110 valence electrons. The molecule has 0 aliphatic heterocycles. The van der Waals surface area contributed by atoms with Gasteiger partial charge in [-0.1, -0.05) is 11.6 Å². The number of benzene rings is 1. The normalized spacial score (nSPS) is 10.5. The minimum absolute atomic E-state index is 0.0629. The molecule has 7 nitrogen and oxygen atoms in total. The van der Waals surface area contributed by atoms with E-state index in [1.165, 1.54) is 6.33 Å². The lowest BCUT2D eigenvalue weighted by Gasteiger charge is -2.11. The van der Waals surface area contributed by atoms with Crippen LogP contribution in [0, 0.1) is 10.1 Å². The van der Waals surface area contributed by atoms with Crippen molar-refractivity contribution < 1.29 is 9.66 Å². The maximum Gasteiger partial charge on any atom is 0.373 e. The summed E-state index contributed by atoms with van der Waals surface area (Å²) in [5.74, 6) is -0.00515. The van der Waals surface area contributed by atoms with Gasteiger partial charge in [0.2, 0.25) is 5.82 Å². The molecular formula is C13H13ClN4O3. The first-order chi connectivity index (χ1) is 9.97. The van der Waals surface area contributed by atoms with Gasteiger partial charge < -0.3 is 10.1 Å². The number of hydrogen-bond acceptors (Lipinski definition) is 6. The minimum Gasteiger partial charge on any atom is -0.470 e. The monoisotopic (exact) mass is 308 g/mol. The van der Waals surface area contributed by atoms with Crippen LogP contribution >= 0.6 is 11.6 Å². The average molecular weight is 309 g/mol. The molecule has 0 radical (unpaired) electrons. The molecular weight excluding hydrogens is 296 g/mol. The van der Waals surface area contributed by atoms with Crippen molar-refractivity contribution in [2.24, 2.45) is 0 Å². The Morgan fingerprint density at radius 1 is 1.29 bits per heavy atom. The highest BCUT2D eigenvalue weighted by molar-refractivity contribution is 6.30. The predicted octanol–water partition coefficient (Wildman–Crippen LogP) is 3.57. The molecule has 1 aromatic heterocycles. The third kappa shape index (κ3) is 3.79. The Hall–Kier alpha value is -2.41. The predicted molar refractivity (Wildman–Crippen MR) is 79.2 cm³/mol. The van der Waals surface area contributed by atoms with Crippen LogP contribution in [0.1, 0.15) is 13.8 Å². The van der Waals surface area contributed by atoms with Crippen molar-refractivity contribution >= 4 is 28.8 Å². The molecule has 0 saturated heterocycles. The van der Waals surface area contributed by atoms with Gasteiger partial charge in [0, 0.05) is 10.7 Å². The Morgan fingerprint density at radius 2 is 1.95 bits per heavy atom. The summed E-state index contributed by atoms with van der Waals surface area (Å²) in [5.41, 5.74) is 0.317. The highest BCUT2D eigenvalue weighted by Gasteiger charge is 2.25. The van der Waals surface area contributed by atoms with Crippen molar-refractivity contribution in [3.05, 3.63) is 45.7 Å². The van der Waals surface area contributed by atoms with Crippen molar-refractivity contribution in [3.8, 4) is 5.88 Å². The van der Waals surface area contributed by atoms with E-state index < -0.39 is 4.92 Å². The maximum absolute atomic E-state index is 11.3. The topological polar surface area (TPSA) is 90.2 Å². The maximum atomic E-state index is 11.3. The SMILES string of the molecule is CC(C)Oc1ncnc(Nc2ccc(Cl)cc2)c1[N+](=O)[O-]. The van der Waals surface area contributed by atoms with Crippen LogP contribution in [0.4, 0.5) is 17.2 Å². The lowest BCUT2D eigenvalue weighted by Crippen LogP contribution is -2.10. The van der Waals surface area contributed by atoms with Gasteiger partial charge in [0.15, 0.2) is 0 Å². The fourth-order valence-corrected chi connectivity index (χ4v) is 1.72. The van der Waals surface area contributed by atoms with Crippen molar-refractivity contribution in [2.45, 2.75) is 20.0 Å². The molecule has 0 saturated carbocycles. The van der Waals surface area contributed by atoms with Gasteiger partial charge in [-0.3, -0.25) is 10.1 Å². The molecule has 1 N–H and O–H groups in total. The van der Waals surface area contributed by atoms with Gasteiger partial charge in [0.05, 0.1) is 11.0 Å². The molecule has 0 aliphatic rings. The number of rotatable bonds is 5. The van der Waals surface area contributed by atoms with Crippen LogP contribution in [-0.2, 0) is 0 Å². The summed E-state index contributed by atoms with van der Waals surface area (Å²) in [7, 11) is 0. The number of ether oxygens (including phenoxy) is 1. The van der Waals surface area contributed by atoms with Crippen molar-refractivity contribution in [2.75, 3.05) is 5.32 Å². The second-order valence-electron chi connectivity index (χ2n) is 4.43. The summed E-state index contributed by atoms with van der Waals surface area (Å²) in [6.07, 6.45) is 0.977. The molecule has 8 heteroatoms. The molecule has 0 unspecified atom stereocenters. The first-order valence-electron chi connectivity index (χ1n) is 6.16. The van der Waals surface area contributed by atoms with Crippen LogP contribution in [0.5, 0.6) is 5.88 Å². The van der Waals surface area contributed by atoms with Gasteiger partial charge >= 0.3 is 5.69 Å². The molecule has 0 atom stereocenters. The van der Waals surface area contributed by atoms with Gasteiger partial charge in [0.25, 0.3) is 5.88 Å². The van der Waals surface area contributed by atoms with Crippen LogP contribution in [0.15, 0.2) is 30.6 Å². The fourth-order valence-electron chi connectivity index (χ4n) is 1.60. The molecule has 0 amide bonds. The summed E-state index contributed by atoms with van der Waals surface area (Å²) in [6, 6.07) is 6.72. The van der Waals surface area contributed by atoms with Gasteiger partial charge in [-0.05, 0) is 38.1 Å². The van der Waals surface area contributed by atoms with Crippen molar-refractivity contribution in [3.63, 3.8) is 0 Å². The Morgan fingerprint density at radius 3 is 2.52 bits per heavy atom. The first kappa shape index (κ1) is 15.0. The molecule has 0 fully saturated rings. The molecule has 0 spiro atoms. The van der Waals surface area contributed by atoms with E-state index in [1.54, 1.807) is 38.1 Å². The lowest BCUT2D eigenvalue weighted by molar-refractivity contribution is -0.385. The molecule has 2 rings (SSSR count). The molecule has 1 heterocycles. The summed E-state index contributed by atoms with van der Waals surface area (Å²) in [6.45, 7) is 3.52. The summed E-state index contributed by atoms with van der Waals surface area (Å²) in [5, 5.41) is 14.7. The standard InChI is InChI=1S/C13H13ClN4O3/c1-8(2)21-13-11(18(19)20)12(15-7-16-13)17-10-5-3-9(14)4-6-10/h3-8H,1-2H3,(H,15,16,17). The van der Waals surface area contributed by atoms with Gasteiger partial charge in [-0.25, -0.2) is 4.98 Å². The zero-order chi connectivity index (χ0) is 15.4. The summed E-state index contributed by atoms with van der Waals surface area (Å²) >= 11 is 5.80. The summed E-state index contributed by atoms with van der Waals surface area (Å²) in [4.78, 5) is 18.4. The summed E-state index contributed by atoms with van der Waals surface area (Å²) < 4.78 is 5.35. The minimum atomic E-state index is -0.573. The van der Waals surface area contributed by atoms with Crippen LogP contribution in [0.3, 0.4) is 0 Å². The van der Waals surface area contributed by atoms with E-state index in [1.807, 2.05) is 0 Å². The molecule has 0 aliphatic carbocycles. The van der Waals surface area contributed by atoms with Gasteiger partial charge in [-0.15, -0.1) is 0 Å². The molecule has 0 bridgehead atoms. The highest BCUT2D eigenvalue weighted by atomic mass is 35.5. The number of nitrogens with zero attached hydrogens (tertiary/aromatic N) is 3. The third-order valence-corrected chi connectivity index (χ3v) is 2.68. The molecule has 21 heavy (non-hydrogen) atoms. The number of halogens is 1. The highest BCUT2D eigenvalue weighted by Crippen LogP contribution is 2.33. The van der Waals surface area contributed by atoms with E-state index in [9.17, 15) is 10.1 Å². The first-order valence-corrected chi connectivity index (χ1v) is 6.54. The Bertz CT molecular complexity index is 646. The number of anilines is 2. The smallest absolute Gasteiger partial charge is 0.373 e. The van der Waals surface area contributed by atoms with E-state index >= 15 is 0 Å². The van der Waals surface area contributed by atoms with Crippen molar-refractivity contribution in [1.82, 2.24) is 9.97 Å². The largest absolute Gasteiger partial charge is 0.470 e. The van der Waals surface area contributed by atoms with Crippen molar-refractivity contribution in [1.29, 1.82) is 0 Å². The number of nitro groups is 1. The Labute approximate surface area is 126 Å². The number of hydrogen-bond donors (Lipinski definition) is 1. The third-order valence-electron chi connectivity index (χ3n) is 2.43. The Balaban J connectivity index is 2.38. The molecule has 1 aromatic carbocycles. The van der Waals surface area contributed by atoms with E-state index in [0.717, 1.165) is 0 Å². The van der Waals surface area contributed by atoms with E-state index in [4.69, 9.17) is 16.3 Å². The fraction of sp³-hybridized carbons (Fsp3) is 0.231. The van der Waals surface area contributed by atoms with Gasteiger partial charge in [0.1, 0.15) is 6.33 Å². The zero-order valence-electron chi connectivity index (χ0n) is 11.4. The second kappa shape index (κ2) is 6.36. The average Bonchev–Trinajstić information content (AvgIpc) is 2.40. The van der Waals surface area contributed by atoms with Crippen LogP contribution < -0.4 is 10.1 Å². The van der Waals surface area contributed by atoms with Crippen LogP contribution in [0.25, 0.3) is 0 Å². The van der Waals surface area contributed by atoms with E-state index in [0.29, 0.717) is 10.7 Å². The second-order valence-corrected chi connectivity index (χ2v) is 4.87. The number of nitrogens with one attached hydrogen (secondary N) is 1. The van der Waals surface area contributed by atoms with E-state index in [2.05, 4.69) is 15.3 Å². The quantitative estimate of drug-likeness (QED) is 0.670. The van der Waals surface area contributed by atoms with E-state index in [-0.39, 0.29) is 23.5 Å². The van der Waals surface area contributed by atoms with Crippen LogP contribution in [-0.4, -0.2) is 21.0 Å². The Kier molecular flexibility index (Phi) is 4.54. The zero-order valence-corrected chi connectivity index (χ0v) is 12.2. The van der Waals surface area contributed by atoms with Gasteiger partial charge in [-0.2, -0.15) is 4.98 Å².